The highest BCUT2D eigenvalue weighted by Crippen LogP contribution is 2.33. The quantitative estimate of drug-likeness (QED) is 0.412. The molecule has 1 aliphatic carbocycles. The van der Waals surface area contributed by atoms with Gasteiger partial charge in [0.25, 0.3) is 5.91 Å². The fourth-order valence-corrected chi connectivity index (χ4v) is 3.95. The third-order valence-electron chi connectivity index (χ3n) is 5.65. The van der Waals surface area contributed by atoms with E-state index in [4.69, 9.17) is 19.3 Å². The summed E-state index contributed by atoms with van der Waals surface area (Å²) in [5.41, 5.74) is 2.51. The van der Waals surface area contributed by atoms with Gasteiger partial charge in [-0.25, -0.2) is 4.98 Å². The van der Waals surface area contributed by atoms with Gasteiger partial charge in [0.05, 0.1) is 18.9 Å². The number of methoxy groups -OCH3 is 1. The number of carbonyl (C=O) groups is 1. The van der Waals surface area contributed by atoms with E-state index in [1.54, 1.807) is 25.3 Å². The van der Waals surface area contributed by atoms with Gasteiger partial charge < -0.3 is 19.2 Å². The number of amides is 1. The fourth-order valence-electron chi connectivity index (χ4n) is 3.95. The van der Waals surface area contributed by atoms with Crippen molar-refractivity contribution in [3.05, 3.63) is 60.0 Å². The molecule has 0 bridgehead atoms. The number of allylic oxidation sites excluding steroid dienone is 1. The van der Waals surface area contributed by atoms with Crippen molar-refractivity contribution >= 4 is 28.4 Å². The normalized spacial score (nSPS) is 14.1. The topological polar surface area (TPSA) is 97.4 Å². The van der Waals surface area contributed by atoms with Gasteiger partial charge in [-0.1, -0.05) is 25.1 Å². The average Bonchev–Trinajstić information content (AvgIpc) is 3.47. The highest BCUT2D eigenvalue weighted by Gasteiger charge is 2.19. The van der Waals surface area contributed by atoms with E-state index >= 15 is 0 Å². The van der Waals surface area contributed by atoms with Gasteiger partial charge in [0.2, 0.25) is 0 Å². The molecule has 0 spiro atoms. The largest absolute Gasteiger partial charge is 0.493 e. The standard InChI is InChI=1S/C26H29N3O4/c1-3-4-10-19(27)26(30)29-21-12-7-11-20-25(21)33-24(28-20)16-17-13-14-22(31-2)23(15-17)32-18-8-5-6-9-18/h4,7,10-15,18,27H,3,5-6,8-9,16H2,1-2H3,(H,29,30)/b10-4-,27-19?. The Kier molecular flexibility index (Phi) is 7.07. The van der Waals surface area contributed by atoms with Gasteiger partial charge in [0.1, 0.15) is 11.2 Å². The average molecular weight is 448 g/mol. The summed E-state index contributed by atoms with van der Waals surface area (Å²) in [4.78, 5) is 16.9. The Morgan fingerprint density at radius 3 is 2.82 bits per heavy atom. The Hall–Kier alpha value is -3.61. The first-order valence-corrected chi connectivity index (χ1v) is 11.4. The summed E-state index contributed by atoms with van der Waals surface area (Å²) in [6, 6.07) is 11.2. The van der Waals surface area contributed by atoms with Crippen LogP contribution in [-0.4, -0.2) is 29.8 Å². The SMILES string of the molecule is CC/C=C\C(=N)C(=O)Nc1cccc2nc(Cc3ccc(OC)c(OC4CCCC4)c3)oc12. The highest BCUT2D eigenvalue weighted by molar-refractivity contribution is 6.46. The van der Waals surface area contributed by atoms with Crippen LogP contribution in [0, 0.1) is 5.41 Å². The molecule has 33 heavy (non-hydrogen) atoms. The minimum Gasteiger partial charge on any atom is -0.493 e. The van der Waals surface area contributed by atoms with Crippen LogP contribution in [-0.2, 0) is 11.2 Å². The summed E-state index contributed by atoms with van der Waals surface area (Å²) >= 11 is 0. The summed E-state index contributed by atoms with van der Waals surface area (Å²) in [6.07, 6.45) is 9.27. The van der Waals surface area contributed by atoms with Crippen LogP contribution in [0.25, 0.3) is 11.1 Å². The van der Waals surface area contributed by atoms with Crippen molar-refractivity contribution in [2.24, 2.45) is 0 Å². The van der Waals surface area contributed by atoms with Gasteiger partial charge >= 0.3 is 0 Å². The number of carbonyl (C=O) groups excluding carboxylic acids is 1. The summed E-state index contributed by atoms with van der Waals surface area (Å²) in [6.45, 7) is 1.95. The zero-order valence-corrected chi connectivity index (χ0v) is 19.0. The number of hydrogen-bond donors (Lipinski definition) is 2. The van der Waals surface area contributed by atoms with Crippen molar-refractivity contribution in [3.8, 4) is 11.5 Å². The van der Waals surface area contributed by atoms with E-state index in [-0.39, 0.29) is 11.8 Å². The second-order valence-electron chi connectivity index (χ2n) is 8.13. The minimum atomic E-state index is -0.492. The predicted octanol–water partition coefficient (Wildman–Crippen LogP) is 5.67. The number of anilines is 1. The molecular formula is C26H29N3O4. The number of hydrogen-bond acceptors (Lipinski definition) is 6. The number of nitrogens with zero attached hydrogens (tertiary/aromatic N) is 1. The molecule has 3 aromatic rings. The first-order chi connectivity index (χ1) is 16.1. The van der Waals surface area contributed by atoms with Crippen molar-refractivity contribution in [2.45, 2.75) is 51.6 Å². The number of rotatable bonds is 9. The first-order valence-electron chi connectivity index (χ1n) is 11.4. The second kappa shape index (κ2) is 10.3. The molecule has 1 heterocycles. The van der Waals surface area contributed by atoms with Crippen LogP contribution in [0.5, 0.6) is 11.5 Å². The van der Waals surface area contributed by atoms with Crippen molar-refractivity contribution in [2.75, 3.05) is 12.4 Å². The molecule has 172 valence electrons. The molecule has 7 heteroatoms. The van der Waals surface area contributed by atoms with Crippen LogP contribution in [0.4, 0.5) is 5.69 Å². The van der Waals surface area contributed by atoms with Crippen molar-refractivity contribution in [3.63, 3.8) is 0 Å². The molecule has 2 N–H and O–H groups in total. The van der Waals surface area contributed by atoms with Gasteiger partial charge in [-0.15, -0.1) is 0 Å². The summed E-state index contributed by atoms with van der Waals surface area (Å²) in [7, 11) is 1.64. The van der Waals surface area contributed by atoms with E-state index < -0.39 is 5.91 Å². The molecule has 1 amide bonds. The minimum absolute atomic E-state index is 0.110. The molecule has 0 atom stereocenters. The number of fused-ring (bicyclic) bond motifs is 1. The van der Waals surface area contributed by atoms with E-state index in [1.807, 2.05) is 31.2 Å². The Morgan fingerprint density at radius 1 is 1.24 bits per heavy atom. The fraction of sp³-hybridized carbons (Fsp3) is 0.346. The van der Waals surface area contributed by atoms with Gasteiger partial charge in [0, 0.05) is 6.42 Å². The van der Waals surface area contributed by atoms with E-state index in [0.29, 0.717) is 34.8 Å². The smallest absolute Gasteiger partial charge is 0.273 e. The molecular weight excluding hydrogens is 418 g/mol. The van der Waals surface area contributed by atoms with Gasteiger partial charge in [-0.3, -0.25) is 10.2 Å². The van der Waals surface area contributed by atoms with E-state index in [9.17, 15) is 4.79 Å². The molecule has 4 rings (SSSR count). The van der Waals surface area contributed by atoms with Crippen LogP contribution >= 0.6 is 0 Å². The van der Waals surface area contributed by atoms with Crippen LogP contribution in [0.3, 0.4) is 0 Å². The molecule has 1 aromatic heterocycles. The third-order valence-corrected chi connectivity index (χ3v) is 5.65. The maximum atomic E-state index is 12.3. The monoisotopic (exact) mass is 447 g/mol. The lowest BCUT2D eigenvalue weighted by Crippen LogP contribution is -2.20. The Balaban J connectivity index is 1.53. The van der Waals surface area contributed by atoms with E-state index in [0.717, 1.165) is 30.6 Å². The molecule has 7 nitrogen and oxygen atoms in total. The predicted molar refractivity (Wildman–Crippen MR) is 128 cm³/mol. The number of aromatic nitrogens is 1. The lowest BCUT2D eigenvalue weighted by Gasteiger charge is -2.16. The van der Waals surface area contributed by atoms with Crippen LogP contribution < -0.4 is 14.8 Å². The molecule has 0 saturated heterocycles. The van der Waals surface area contributed by atoms with Gasteiger partial charge in [-0.2, -0.15) is 0 Å². The molecule has 1 fully saturated rings. The number of nitrogens with one attached hydrogen (secondary N) is 2. The summed E-state index contributed by atoms with van der Waals surface area (Å²) in [5.74, 6) is 1.50. The van der Waals surface area contributed by atoms with Gasteiger partial charge in [-0.05, 0) is 68.0 Å². The molecule has 2 aromatic carbocycles. The molecule has 1 saturated carbocycles. The lowest BCUT2D eigenvalue weighted by atomic mass is 10.1. The number of ether oxygens (including phenoxy) is 2. The van der Waals surface area contributed by atoms with E-state index in [2.05, 4.69) is 10.3 Å². The number of oxazole rings is 1. The van der Waals surface area contributed by atoms with Gasteiger partial charge in [0.15, 0.2) is 23.0 Å². The van der Waals surface area contributed by atoms with Crippen molar-refractivity contribution in [1.29, 1.82) is 5.41 Å². The number of para-hydroxylation sites is 1. The molecule has 0 unspecified atom stereocenters. The molecule has 1 aliphatic rings. The zero-order valence-electron chi connectivity index (χ0n) is 19.0. The zero-order chi connectivity index (χ0) is 23.2. The maximum Gasteiger partial charge on any atom is 0.273 e. The second-order valence-corrected chi connectivity index (χ2v) is 8.13. The lowest BCUT2D eigenvalue weighted by molar-refractivity contribution is -0.110. The van der Waals surface area contributed by atoms with E-state index in [1.165, 1.54) is 18.9 Å². The molecule has 0 aliphatic heterocycles. The van der Waals surface area contributed by atoms with Crippen molar-refractivity contribution in [1.82, 2.24) is 4.98 Å². The Bertz CT molecular complexity index is 1180. The summed E-state index contributed by atoms with van der Waals surface area (Å²) in [5, 5.41) is 10.6. The van der Waals surface area contributed by atoms with Crippen LogP contribution in [0.15, 0.2) is 53.0 Å². The Morgan fingerprint density at radius 2 is 2.06 bits per heavy atom. The Labute approximate surface area is 193 Å². The number of benzene rings is 2. The third kappa shape index (κ3) is 5.42. The van der Waals surface area contributed by atoms with Crippen LogP contribution in [0.1, 0.15) is 50.5 Å². The first kappa shape index (κ1) is 22.6. The van der Waals surface area contributed by atoms with Crippen molar-refractivity contribution < 1.29 is 18.7 Å². The van der Waals surface area contributed by atoms with Crippen LogP contribution in [0.2, 0.25) is 0 Å². The molecule has 0 radical (unpaired) electrons. The summed E-state index contributed by atoms with van der Waals surface area (Å²) < 4.78 is 17.7. The highest BCUT2D eigenvalue weighted by atomic mass is 16.5. The maximum absolute atomic E-state index is 12.3.